The maximum Gasteiger partial charge on any atom is 0.498 e. The van der Waals surface area contributed by atoms with E-state index < -0.39 is 34.0 Å². The number of aromatic amines is 1. The Hall–Kier alpha value is -3.01. The highest BCUT2D eigenvalue weighted by atomic mass is 32.2. The van der Waals surface area contributed by atoms with Gasteiger partial charge in [0, 0.05) is 17.2 Å². The number of H-pyrrole nitrogens is 1. The number of hydrogen-bond donors (Lipinski definition) is 1. The topological polar surface area (TPSA) is 81.3 Å². The van der Waals surface area contributed by atoms with E-state index in [0.717, 1.165) is 5.56 Å². The number of aromatic nitrogens is 2. The third-order valence-electron chi connectivity index (χ3n) is 6.91. The number of nitrogens with one attached hydrogen (secondary N) is 1. The van der Waals surface area contributed by atoms with Gasteiger partial charge in [-0.15, -0.1) is 0 Å². The second kappa shape index (κ2) is 8.01. The van der Waals surface area contributed by atoms with Crippen molar-refractivity contribution in [3.8, 4) is 11.3 Å². The number of aryl methyl sites for hydroxylation is 1. The number of fused-ring (bicyclic) bond motifs is 1. The Labute approximate surface area is 204 Å². The molecule has 3 heterocycles. The summed E-state index contributed by atoms with van der Waals surface area (Å²) in [6.07, 6.45) is 1.65. The van der Waals surface area contributed by atoms with Crippen molar-refractivity contribution < 1.29 is 22.1 Å². The van der Waals surface area contributed by atoms with Crippen molar-refractivity contribution in [2.45, 2.75) is 55.6 Å². The third kappa shape index (κ3) is 3.88. The van der Waals surface area contributed by atoms with Crippen LogP contribution < -0.4 is 5.46 Å². The van der Waals surface area contributed by atoms with Crippen LogP contribution >= 0.6 is 0 Å². The van der Waals surface area contributed by atoms with Gasteiger partial charge in [-0.05, 0) is 65.0 Å². The fourth-order valence-corrected chi connectivity index (χ4v) is 5.54. The average molecular weight is 492 g/mol. The van der Waals surface area contributed by atoms with Gasteiger partial charge in [0.1, 0.15) is 5.82 Å². The zero-order valence-electron chi connectivity index (χ0n) is 20.2. The standard InChI is InChI=1S/C26H26BFN2O4S/c1-16-10-12-17(13-11-16)35(31,32)22-14-21(18-8-6-7-9-20(18)28)30-23-19(15-29-24(22)23)27-33-25(2,3)26(4,5)34-27/h6-15,29H,1-5H3. The molecule has 1 saturated heterocycles. The van der Waals surface area contributed by atoms with Gasteiger partial charge in [-0.2, -0.15) is 0 Å². The van der Waals surface area contributed by atoms with Crippen LogP contribution in [0.15, 0.2) is 70.6 Å². The number of hydrogen-bond acceptors (Lipinski definition) is 5. The molecule has 1 aliphatic rings. The Kier molecular flexibility index (Phi) is 5.43. The lowest BCUT2D eigenvalue weighted by atomic mass is 9.80. The van der Waals surface area contributed by atoms with Crippen LogP contribution in [0.4, 0.5) is 4.39 Å². The first-order valence-electron chi connectivity index (χ1n) is 11.3. The normalized spacial score (nSPS) is 17.3. The summed E-state index contributed by atoms with van der Waals surface area (Å²) in [5.74, 6) is -0.495. The molecule has 180 valence electrons. The Morgan fingerprint density at radius 2 is 1.60 bits per heavy atom. The summed E-state index contributed by atoms with van der Waals surface area (Å²) in [5, 5.41) is 0. The molecular weight excluding hydrogens is 466 g/mol. The van der Waals surface area contributed by atoms with Gasteiger partial charge < -0.3 is 14.3 Å². The number of nitrogens with zero attached hydrogens (tertiary/aromatic N) is 1. The van der Waals surface area contributed by atoms with E-state index in [0.29, 0.717) is 16.5 Å². The zero-order valence-corrected chi connectivity index (χ0v) is 21.0. The number of pyridine rings is 1. The second-order valence-corrected chi connectivity index (χ2v) is 11.8. The van der Waals surface area contributed by atoms with Crippen molar-refractivity contribution >= 4 is 33.5 Å². The van der Waals surface area contributed by atoms with Crippen molar-refractivity contribution in [1.29, 1.82) is 0 Å². The predicted molar refractivity (Wildman–Crippen MR) is 134 cm³/mol. The van der Waals surface area contributed by atoms with E-state index in [1.54, 1.807) is 48.7 Å². The minimum atomic E-state index is -3.96. The molecule has 5 rings (SSSR count). The van der Waals surface area contributed by atoms with Gasteiger partial charge in [-0.3, -0.25) is 0 Å². The molecule has 35 heavy (non-hydrogen) atoms. The van der Waals surface area contributed by atoms with Gasteiger partial charge in [0.2, 0.25) is 9.84 Å². The van der Waals surface area contributed by atoms with Crippen molar-refractivity contribution in [2.75, 3.05) is 0 Å². The van der Waals surface area contributed by atoms with Gasteiger partial charge in [0.15, 0.2) is 0 Å². The molecule has 1 fully saturated rings. The highest BCUT2D eigenvalue weighted by Crippen LogP contribution is 2.38. The fraction of sp³-hybridized carbons (Fsp3) is 0.269. The van der Waals surface area contributed by atoms with E-state index in [2.05, 4.69) is 4.98 Å². The van der Waals surface area contributed by atoms with E-state index in [-0.39, 0.29) is 21.0 Å². The minimum absolute atomic E-state index is 0.00683. The molecule has 2 aromatic heterocycles. The van der Waals surface area contributed by atoms with Crippen LogP contribution in [0.2, 0.25) is 0 Å². The zero-order chi connectivity index (χ0) is 25.2. The number of sulfone groups is 1. The Balaban J connectivity index is 1.76. The summed E-state index contributed by atoms with van der Waals surface area (Å²) in [7, 11) is -4.73. The molecule has 0 saturated carbocycles. The second-order valence-electron chi connectivity index (χ2n) is 9.86. The first kappa shape index (κ1) is 23.7. The Morgan fingerprint density at radius 3 is 2.23 bits per heavy atom. The van der Waals surface area contributed by atoms with Crippen molar-refractivity contribution in [3.05, 3.63) is 72.2 Å². The molecule has 1 aliphatic heterocycles. The average Bonchev–Trinajstić information content (AvgIpc) is 3.31. The van der Waals surface area contributed by atoms with E-state index in [1.807, 2.05) is 34.6 Å². The highest BCUT2D eigenvalue weighted by Gasteiger charge is 2.52. The monoisotopic (exact) mass is 492 g/mol. The van der Waals surface area contributed by atoms with Gasteiger partial charge in [-0.25, -0.2) is 17.8 Å². The molecule has 9 heteroatoms. The molecule has 0 amide bonds. The molecule has 0 atom stereocenters. The molecule has 4 aromatic rings. The lowest BCUT2D eigenvalue weighted by Gasteiger charge is -2.32. The summed E-state index contributed by atoms with van der Waals surface area (Å²) < 4.78 is 54.7. The predicted octanol–water partition coefficient (Wildman–Crippen LogP) is 4.81. The van der Waals surface area contributed by atoms with Crippen molar-refractivity contribution in [1.82, 2.24) is 9.97 Å². The molecule has 0 aliphatic carbocycles. The lowest BCUT2D eigenvalue weighted by molar-refractivity contribution is 0.00578. The van der Waals surface area contributed by atoms with Crippen LogP contribution in [0.1, 0.15) is 33.3 Å². The summed E-state index contributed by atoms with van der Waals surface area (Å²) in [4.78, 5) is 7.91. The molecule has 2 aromatic carbocycles. The van der Waals surface area contributed by atoms with Gasteiger partial charge in [0.25, 0.3) is 0 Å². The van der Waals surface area contributed by atoms with Gasteiger partial charge >= 0.3 is 7.12 Å². The maximum absolute atomic E-state index is 14.8. The number of rotatable bonds is 4. The quantitative estimate of drug-likeness (QED) is 0.414. The Morgan fingerprint density at radius 1 is 0.971 bits per heavy atom. The number of halogens is 1. The maximum atomic E-state index is 14.8. The minimum Gasteiger partial charge on any atom is -0.399 e. The summed E-state index contributed by atoms with van der Waals surface area (Å²) in [6.45, 7) is 9.64. The molecule has 0 bridgehead atoms. The third-order valence-corrected chi connectivity index (χ3v) is 8.70. The molecule has 1 N–H and O–H groups in total. The SMILES string of the molecule is Cc1ccc(S(=O)(=O)c2cc(-c3ccccc3F)nc3c(B4OC(C)(C)C(C)(C)O4)c[nH]c23)cc1. The van der Waals surface area contributed by atoms with Gasteiger partial charge in [-0.1, -0.05) is 29.8 Å². The smallest absolute Gasteiger partial charge is 0.399 e. The largest absolute Gasteiger partial charge is 0.498 e. The summed E-state index contributed by atoms with van der Waals surface area (Å²) >= 11 is 0. The Bertz CT molecular complexity index is 1530. The van der Waals surface area contributed by atoms with E-state index in [4.69, 9.17) is 14.3 Å². The highest BCUT2D eigenvalue weighted by molar-refractivity contribution is 7.91. The first-order valence-corrected chi connectivity index (χ1v) is 12.8. The van der Waals surface area contributed by atoms with Crippen LogP contribution in [-0.4, -0.2) is 36.7 Å². The molecular formula is C26H26BFN2O4S. The van der Waals surface area contributed by atoms with Gasteiger partial charge in [0.05, 0.1) is 37.7 Å². The van der Waals surface area contributed by atoms with E-state index >= 15 is 0 Å². The molecule has 6 nitrogen and oxygen atoms in total. The molecule has 0 unspecified atom stereocenters. The number of benzene rings is 2. The van der Waals surface area contributed by atoms with Crippen molar-refractivity contribution in [3.63, 3.8) is 0 Å². The van der Waals surface area contributed by atoms with E-state index in [1.165, 1.54) is 12.1 Å². The van der Waals surface area contributed by atoms with Crippen LogP contribution in [-0.2, 0) is 19.1 Å². The van der Waals surface area contributed by atoms with Crippen LogP contribution in [0, 0.1) is 12.7 Å². The lowest BCUT2D eigenvalue weighted by Crippen LogP contribution is -2.41. The molecule has 0 radical (unpaired) electrons. The fourth-order valence-electron chi connectivity index (χ4n) is 4.10. The van der Waals surface area contributed by atoms with E-state index in [9.17, 15) is 12.8 Å². The van der Waals surface area contributed by atoms with Crippen LogP contribution in [0.25, 0.3) is 22.3 Å². The summed E-state index contributed by atoms with van der Waals surface area (Å²) in [5.41, 5.74) is 1.39. The van der Waals surface area contributed by atoms with Crippen molar-refractivity contribution in [2.24, 2.45) is 0 Å². The molecule has 0 spiro atoms. The van der Waals surface area contributed by atoms with Crippen LogP contribution in [0.5, 0.6) is 0 Å². The van der Waals surface area contributed by atoms with Crippen LogP contribution in [0.3, 0.4) is 0 Å². The first-order chi connectivity index (χ1) is 16.4. The summed E-state index contributed by atoms with van der Waals surface area (Å²) in [6, 6.07) is 14.2.